The first kappa shape index (κ1) is 14.8. The van der Waals surface area contributed by atoms with Crippen molar-refractivity contribution >= 4 is 11.0 Å². The van der Waals surface area contributed by atoms with Gasteiger partial charge in [-0.15, -0.1) is 0 Å². The Balaban J connectivity index is 2.03. The SMILES string of the molecule is CCCCn1cc(CC)cc1-c1cc2ccc(OC)cc2o1. The van der Waals surface area contributed by atoms with Gasteiger partial charge in [-0.05, 0) is 42.7 Å². The van der Waals surface area contributed by atoms with E-state index in [1.165, 1.54) is 24.1 Å². The fourth-order valence-corrected chi connectivity index (χ4v) is 2.75. The Kier molecular flexibility index (Phi) is 4.23. The highest BCUT2D eigenvalue weighted by Crippen LogP contribution is 2.31. The Morgan fingerprint density at radius 1 is 1.14 bits per heavy atom. The predicted octanol–water partition coefficient (Wildman–Crippen LogP) is 5.27. The number of nitrogens with zero attached hydrogens (tertiary/aromatic N) is 1. The highest BCUT2D eigenvalue weighted by molar-refractivity contribution is 5.83. The standard InChI is InChI=1S/C19H23NO2/c1-4-6-9-20-13-14(5-2)10-17(20)19-11-15-7-8-16(21-3)12-18(15)22-19/h7-8,10-13H,4-6,9H2,1-3H3. The van der Waals surface area contributed by atoms with Crippen molar-refractivity contribution in [2.75, 3.05) is 7.11 Å². The van der Waals surface area contributed by atoms with Gasteiger partial charge in [0.1, 0.15) is 11.3 Å². The summed E-state index contributed by atoms with van der Waals surface area (Å²) >= 11 is 0. The number of methoxy groups -OCH3 is 1. The zero-order chi connectivity index (χ0) is 15.5. The number of rotatable bonds is 6. The van der Waals surface area contributed by atoms with Gasteiger partial charge in [-0.1, -0.05) is 20.3 Å². The van der Waals surface area contributed by atoms with E-state index in [9.17, 15) is 0 Å². The molecule has 22 heavy (non-hydrogen) atoms. The molecule has 0 aliphatic rings. The Hall–Kier alpha value is -2.16. The second kappa shape index (κ2) is 6.30. The van der Waals surface area contributed by atoms with E-state index in [1.54, 1.807) is 7.11 Å². The van der Waals surface area contributed by atoms with Crippen LogP contribution in [0.15, 0.2) is 40.9 Å². The molecule has 3 aromatic rings. The van der Waals surface area contributed by atoms with Crippen LogP contribution in [0.25, 0.3) is 22.4 Å². The average Bonchev–Trinajstić information content (AvgIpc) is 3.15. The molecule has 0 aliphatic carbocycles. The number of hydrogen-bond donors (Lipinski definition) is 0. The largest absolute Gasteiger partial charge is 0.497 e. The molecule has 0 amide bonds. The monoisotopic (exact) mass is 297 g/mol. The summed E-state index contributed by atoms with van der Waals surface area (Å²) in [4.78, 5) is 0. The fourth-order valence-electron chi connectivity index (χ4n) is 2.75. The van der Waals surface area contributed by atoms with E-state index in [4.69, 9.17) is 9.15 Å². The summed E-state index contributed by atoms with van der Waals surface area (Å²) in [5.41, 5.74) is 3.39. The Bertz CT molecular complexity index is 767. The van der Waals surface area contributed by atoms with Gasteiger partial charge in [0.05, 0.1) is 12.8 Å². The third-order valence-corrected chi connectivity index (χ3v) is 4.09. The van der Waals surface area contributed by atoms with Crippen molar-refractivity contribution in [3.05, 3.63) is 42.1 Å². The lowest BCUT2D eigenvalue weighted by Gasteiger charge is -2.05. The Morgan fingerprint density at radius 3 is 2.73 bits per heavy atom. The highest BCUT2D eigenvalue weighted by atomic mass is 16.5. The lowest BCUT2D eigenvalue weighted by atomic mass is 10.2. The van der Waals surface area contributed by atoms with Crippen LogP contribution < -0.4 is 4.74 Å². The first-order valence-electron chi connectivity index (χ1n) is 8.02. The normalized spacial score (nSPS) is 11.2. The first-order chi connectivity index (χ1) is 10.7. The number of furan rings is 1. The molecule has 2 heterocycles. The summed E-state index contributed by atoms with van der Waals surface area (Å²) in [5.74, 6) is 1.75. The highest BCUT2D eigenvalue weighted by Gasteiger charge is 2.12. The van der Waals surface area contributed by atoms with Crippen LogP contribution in [0.4, 0.5) is 0 Å². The molecule has 116 valence electrons. The summed E-state index contributed by atoms with van der Waals surface area (Å²) in [6.45, 7) is 5.44. The van der Waals surface area contributed by atoms with Gasteiger partial charge in [0.15, 0.2) is 5.76 Å². The quantitative estimate of drug-likeness (QED) is 0.619. The van der Waals surface area contributed by atoms with Crippen LogP contribution in [0.2, 0.25) is 0 Å². The van der Waals surface area contributed by atoms with E-state index < -0.39 is 0 Å². The van der Waals surface area contributed by atoms with Crippen molar-refractivity contribution in [1.29, 1.82) is 0 Å². The minimum atomic E-state index is 0.823. The molecule has 3 nitrogen and oxygen atoms in total. The van der Waals surface area contributed by atoms with Gasteiger partial charge in [-0.3, -0.25) is 0 Å². The summed E-state index contributed by atoms with van der Waals surface area (Å²) in [6.07, 6.45) is 5.66. The number of benzene rings is 1. The summed E-state index contributed by atoms with van der Waals surface area (Å²) < 4.78 is 13.7. The maximum atomic E-state index is 6.07. The molecule has 0 saturated carbocycles. The van der Waals surface area contributed by atoms with Crippen molar-refractivity contribution in [3.63, 3.8) is 0 Å². The van der Waals surface area contributed by atoms with Gasteiger partial charge in [0, 0.05) is 24.2 Å². The molecular weight excluding hydrogens is 274 g/mol. The Labute approximate surface area is 131 Å². The van der Waals surface area contributed by atoms with E-state index in [0.717, 1.165) is 35.4 Å². The second-order valence-corrected chi connectivity index (χ2v) is 5.65. The molecule has 0 fully saturated rings. The molecule has 0 unspecified atom stereocenters. The lowest BCUT2D eigenvalue weighted by molar-refractivity contribution is 0.414. The molecule has 0 aliphatic heterocycles. The number of aryl methyl sites for hydroxylation is 2. The minimum Gasteiger partial charge on any atom is -0.497 e. The van der Waals surface area contributed by atoms with Gasteiger partial charge in [-0.2, -0.15) is 0 Å². The molecule has 0 radical (unpaired) electrons. The topological polar surface area (TPSA) is 27.3 Å². The van der Waals surface area contributed by atoms with Crippen molar-refractivity contribution in [1.82, 2.24) is 4.57 Å². The molecule has 1 aromatic carbocycles. The van der Waals surface area contributed by atoms with Gasteiger partial charge in [-0.25, -0.2) is 0 Å². The number of aromatic nitrogens is 1. The zero-order valence-corrected chi connectivity index (χ0v) is 13.6. The first-order valence-corrected chi connectivity index (χ1v) is 8.02. The van der Waals surface area contributed by atoms with E-state index in [2.05, 4.69) is 36.7 Å². The third-order valence-electron chi connectivity index (χ3n) is 4.09. The molecular formula is C19H23NO2. The molecule has 3 heteroatoms. The summed E-state index contributed by atoms with van der Waals surface area (Å²) in [5, 5.41) is 1.11. The van der Waals surface area contributed by atoms with Crippen molar-refractivity contribution in [2.24, 2.45) is 0 Å². The molecule has 0 saturated heterocycles. The second-order valence-electron chi connectivity index (χ2n) is 5.65. The van der Waals surface area contributed by atoms with Crippen LogP contribution in [0, 0.1) is 0 Å². The van der Waals surface area contributed by atoms with Gasteiger partial charge in [0.25, 0.3) is 0 Å². The van der Waals surface area contributed by atoms with Crippen LogP contribution in [-0.2, 0) is 13.0 Å². The van der Waals surface area contributed by atoms with E-state index in [-0.39, 0.29) is 0 Å². The van der Waals surface area contributed by atoms with Gasteiger partial charge < -0.3 is 13.7 Å². The van der Waals surface area contributed by atoms with Crippen molar-refractivity contribution in [2.45, 2.75) is 39.7 Å². The minimum absolute atomic E-state index is 0.823. The molecule has 0 spiro atoms. The maximum absolute atomic E-state index is 6.07. The Morgan fingerprint density at radius 2 is 2.00 bits per heavy atom. The zero-order valence-electron chi connectivity index (χ0n) is 13.6. The van der Waals surface area contributed by atoms with Crippen LogP contribution in [0.3, 0.4) is 0 Å². The molecule has 0 N–H and O–H groups in total. The predicted molar refractivity (Wildman–Crippen MR) is 90.5 cm³/mol. The van der Waals surface area contributed by atoms with E-state index in [0.29, 0.717) is 0 Å². The van der Waals surface area contributed by atoms with Crippen molar-refractivity contribution < 1.29 is 9.15 Å². The van der Waals surface area contributed by atoms with Crippen LogP contribution in [0.1, 0.15) is 32.3 Å². The van der Waals surface area contributed by atoms with E-state index >= 15 is 0 Å². The van der Waals surface area contributed by atoms with Crippen LogP contribution >= 0.6 is 0 Å². The smallest absolute Gasteiger partial charge is 0.151 e. The molecule has 0 atom stereocenters. The number of hydrogen-bond acceptors (Lipinski definition) is 2. The number of ether oxygens (including phenoxy) is 1. The average molecular weight is 297 g/mol. The summed E-state index contributed by atoms with van der Waals surface area (Å²) in [6, 6.07) is 10.3. The molecule has 0 bridgehead atoms. The lowest BCUT2D eigenvalue weighted by Crippen LogP contribution is -1.97. The maximum Gasteiger partial charge on any atom is 0.151 e. The summed E-state index contributed by atoms with van der Waals surface area (Å²) in [7, 11) is 1.68. The molecule has 3 rings (SSSR count). The van der Waals surface area contributed by atoms with Gasteiger partial charge in [0.2, 0.25) is 0 Å². The van der Waals surface area contributed by atoms with E-state index in [1.807, 2.05) is 18.2 Å². The van der Waals surface area contributed by atoms with Crippen LogP contribution in [0.5, 0.6) is 5.75 Å². The van der Waals surface area contributed by atoms with Gasteiger partial charge >= 0.3 is 0 Å². The number of fused-ring (bicyclic) bond motifs is 1. The van der Waals surface area contributed by atoms with Crippen LogP contribution in [-0.4, -0.2) is 11.7 Å². The van der Waals surface area contributed by atoms with Crippen molar-refractivity contribution in [3.8, 4) is 17.2 Å². The fraction of sp³-hybridized carbons (Fsp3) is 0.368. The number of unbranched alkanes of at least 4 members (excludes halogenated alkanes) is 1. The third kappa shape index (κ3) is 2.76. The molecule has 2 aromatic heterocycles.